The van der Waals surface area contributed by atoms with E-state index in [1.807, 2.05) is 6.07 Å². The molecule has 5 aromatic rings. The number of aromatic amines is 3. The first-order valence-electron chi connectivity index (χ1n) is 12.0. The summed E-state index contributed by atoms with van der Waals surface area (Å²) in [6.07, 6.45) is 4.86. The van der Waals surface area contributed by atoms with E-state index in [2.05, 4.69) is 80.4 Å². The van der Waals surface area contributed by atoms with Gasteiger partial charge in [0.05, 0.1) is 6.54 Å². The van der Waals surface area contributed by atoms with Gasteiger partial charge in [-0.15, -0.1) is 20.4 Å². The molecule has 4 aliphatic rings. The van der Waals surface area contributed by atoms with Crippen LogP contribution in [-0.4, -0.2) is 61.2 Å². The Morgan fingerprint density at radius 3 is 2.29 bits per heavy atom. The lowest BCUT2D eigenvalue weighted by Crippen LogP contribution is -2.05. The number of H-pyrrole nitrogens is 3. The molecule has 9 rings (SSSR count). The van der Waals surface area contributed by atoms with Crippen molar-refractivity contribution < 1.29 is 0 Å². The monoisotopic (exact) mass is 466 g/mol. The molecule has 0 spiro atoms. The molecule has 0 amide bonds. The summed E-state index contributed by atoms with van der Waals surface area (Å²) >= 11 is 0. The first kappa shape index (κ1) is 19.1. The average Bonchev–Trinajstić information content (AvgIpc) is 3.39. The fourth-order valence-corrected chi connectivity index (χ4v) is 5.95. The summed E-state index contributed by atoms with van der Waals surface area (Å²) in [5, 5.41) is 40.4. The van der Waals surface area contributed by atoms with Gasteiger partial charge in [0.25, 0.3) is 0 Å². The molecular weight excluding hydrogens is 444 g/mol. The summed E-state index contributed by atoms with van der Waals surface area (Å²) in [5.41, 5.74) is 8.37. The van der Waals surface area contributed by atoms with E-state index in [0.29, 0.717) is 17.6 Å². The van der Waals surface area contributed by atoms with Gasteiger partial charge in [-0.3, -0.25) is 9.78 Å². The zero-order valence-electron chi connectivity index (χ0n) is 18.8. The zero-order valence-corrected chi connectivity index (χ0v) is 18.8. The fourth-order valence-electron chi connectivity index (χ4n) is 5.95. The molecule has 3 N–H and O–H groups in total. The van der Waals surface area contributed by atoms with Crippen LogP contribution < -0.4 is 0 Å². The second-order valence-electron chi connectivity index (χ2n) is 9.90. The van der Waals surface area contributed by atoms with Crippen LogP contribution in [-0.2, 0) is 19.4 Å². The summed E-state index contributed by atoms with van der Waals surface area (Å²) < 4.78 is 2.15. The first-order valence-corrected chi connectivity index (χ1v) is 12.0. The molecular formula is C23H22N12. The molecule has 174 valence electrons. The lowest BCUT2D eigenvalue weighted by Gasteiger charge is -2.06. The number of fused-ring (bicyclic) bond motifs is 6. The normalized spacial score (nSPS) is 24.2. The number of rotatable bonds is 4. The molecule has 0 bridgehead atoms. The van der Waals surface area contributed by atoms with E-state index in [0.717, 1.165) is 48.5 Å². The number of tetrazole rings is 2. The lowest BCUT2D eigenvalue weighted by atomic mass is 10.1. The van der Waals surface area contributed by atoms with E-state index in [1.54, 1.807) is 0 Å². The van der Waals surface area contributed by atoms with Crippen LogP contribution in [0.5, 0.6) is 0 Å². The quantitative estimate of drug-likeness (QED) is 0.363. The topological polar surface area (TPSA) is 155 Å². The molecule has 2 fully saturated rings. The summed E-state index contributed by atoms with van der Waals surface area (Å²) in [5.74, 6) is 4.30. The number of hydrogen-bond acceptors (Lipinski definition) is 8. The third-order valence-electron chi connectivity index (χ3n) is 7.78. The lowest BCUT2D eigenvalue weighted by molar-refractivity contribution is 0.645. The maximum absolute atomic E-state index is 4.78. The van der Waals surface area contributed by atoms with Crippen molar-refractivity contribution in [2.24, 2.45) is 11.8 Å². The Morgan fingerprint density at radius 2 is 1.51 bits per heavy atom. The summed E-state index contributed by atoms with van der Waals surface area (Å²) in [7, 11) is 0. The van der Waals surface area contributed by atoms with Gasteiger partial charge in [-0.05, 0) is 53.5 Å². The highest BCUT2D eigenvalue weighted by molar-refractivity contribution is 5.60. The first-order chi connectivity index (χ1) is 17.3. The highest BCUT2D eigenvalue weighted by atomic mass is 15.5. The van der Waals surface area contributed by atoms with E-state index < -0.39 is 0 Å². The standard InChI is InChI=1S/C15H14N6.C8H8N6/c1-2-4-9(5-3-1)8-21-14-11-6-10(11)7-12(14)13(18-21)15-16-19-20-17-15;1-3-2-5-6(4(1)3)9-10-7(5)8-11-13-14-12-8/h1-5,10-11H,6-8H2,(H,16,17,19,20);3-4H,1-2H2,(H,9,10)(H,11,12,13,14)/t10-,11-;3-,4-/m11/s1. The van der Waals surface area contributed by atoms with Crippen LogP contribution >= 0.6 is 0 Å². The third-order valence-corrected chi connectivity index (χ3v) is 7.78. The van der Waals surface area contributed by atoms with Crippen LogP contribution in [0.1, 0.15) is 52.8 Å². The van der Waals surface area contributed by atoms with Gasteiger partial charge >= 0.3 is 0 Å². The minimum absolute atomic E-state index is 0.601. The highest BCUT2D eigenvalue weighted by Crippen LogP contribution is 2.58. The van der Waals surface area contributed by atoms with Gasteiger partial charge < -0.3 is 0 Å². The van der Waals surface area contributed by atoms with Gasteiger partial charge in [-0.25, -0.2) is 0 Å². The number of nitrogens with zero attached hydrogens (tertiary/aromatic N) is 9. The van der Waals surface area contributed by atoms with Gasteiger partial charge in [0.1, 0.15) is 11.4 Å². The van der Waals surface area contributed by atoms with E-state index in [1.165, 1.54) is 40.9 Å². The van der Waals surface area contributed by atoms with Crippen molar-refractivity contribution >= 4 is 0 Å². The van der Waals surface area contributed by atoms with E-state index in [9.17, 15) is 0 Å². The molecule has 12 heteroatoms. The number of hydrogen-bond donors (Lipinski definition) is 3. The summed E-state index contributed by atoms with van der Waals surface area (Å²) in [6, 6.07) is 10.5. The summed E-state index contributed by atoms with van der Waals surface area (Å²) in [4.78, 5) is 0. The predicted molar refractivity (Wildman–Crippen MR) is 122 cm³/mol. The molecule has 0 aliphatic heterocycles. The van der Waals surface area contributed by atoms with Gasteiger partial charge in [-0.1, -0.05) is 30.3 Å². The molecule has 4 atom stereocenters. The Morgan fingerprint density at radius 1 is 0.800 bits per heavy atom. The molecule has 1 aromatic carbocycles. The zero-order chi connectivity index (χ0) is 22.9. The van der Waals surface area contributed by atoms with Crippen molar-refractivity contribution in [1.29, 1.82) is 0 Å². The molecule has 35 heavy (non-hydrogen) atoms. The average molecular weight is 467 g/mol. The van der Waals surface area contributed by atoms with Crippen LogP contribution in [0.15, 0.2) is 30.3 Å². The van der Waals surface area contributed by atoms with Crippen LogP contribution in [0.3, 0.4) is 0 Å². The van der Waals surface area contributed by atoms with Gasteiger partial charge in [0, 0.05) is 34.4 Å². The Labute approximate surface area is 198 Å². The molecule has 0 saturated heterocycles. The second-order valence-corrected chi connectivity index (χ2v) is 9.90. The van der Waals surface area contributed by atoms with Crippen LogP contribution in [0.25, 0.3) is 23.0 Å². The van der Waals surface area contributed by atoms with Crippen molar-refractivity contribution in [3.05, 3.63) is 58.4 Å². The van der Waals surface area contributed by atoms with Crippen molar-refractivity contribution in [1.82, 2.24) is 61.2 Å². The Balaban J connectivity index is 0.000000121. The minimum Gasteiger partial charge on any atom is -0.281 e. The Hall–Kier alpha value is -4.22. The maximum atomic E-state index is 4.78. The van der Waals surface area contributed by atoms with E-state index in [-0.39, 0.29) is 0 Å². The Kier molecular flexibility index (Phi) is 3.90. The smallest absolute Gasteiger partial charge is 0.225 e. The van der Waals surface area contributed by atoms with Crippen molar-refractivity contribution in [2.75, 3.05) is 0 Å². The molecule has 2 saturated carbocycles. The van der Waals surface area contributed by atoms with Gasteiger partial charge in [0.15, 0.2) is 0 Å². The minimum atomic E-state index is 0.601. The van der Waals surface area contributed by atoms with Gasteiger partial charge in [0.2, 0.25) is 11.6 Å². The fraction of sp³-hybridized carbons (Fsp3) is 0.391. The van der Waals surface area contributed by atoms with Crippen molar-refractivity contribution in [3.63, 3.8) is 0 Å². The van der Waals surface area contributed by atoms with E-state index >= 15 is 0 Å². The number of nitrogens with one attached hydrogen (secondary N) is 3. The SMILES string of the molecule is C1c2c(-c3nn[nH]n3)n[nH]c2[C@@H]2C[C@H]12.c1ccc(Cn2nc(-c3nn[nH]n3)c3c2[C@@H]2C[C@@H]2C3)cc1. The van der Waals surface area contributed by atoms with E-state index in [4.69, 9.17) is 5.10 Å². The van der Waals surface area contributed by atoms with Crippen LogP contribution in [0.2, 0.25) is 0 Å². The van der Waals surface area contributed by atoms with Crippen LogP contribution in [0, 0.1) is 11.8 Å². The molecule has 4 heterocycles. The molecule has 4 aliphatic carbocycles. The third kappa shape index (κ3) is 3.05. The highest BCUT2D eigenvalue weighted by Gasteiger charge is 2.50. The van der Waals surface area contributed by atoms with Crippen LogP contribution in [0.4, 0.5) is 0 Å². The largest absolute Gasteiger partial charge is 0.281 e. The molecule has 4 aromatic heterocycles. The number of aromatic nitrogens is 12. The summed E-state index contributed by atoms with van der Waals surface area (Å²) in [6.45, 7) is 0.810. The second kappa shape index (κ2) is 7.14. The maximum Gasteiger partial charge on any atom is 0.225 e. The molecule has 12 nitrogen and oxygen atoms in total. The van der Waals surface area contributed by atoms with Crippen molar-refractivity contribution in [3.8, 4) is 23.0 Å². The predicted octanol–water partition coefficient (Wildman–Crippen LogP) is 2.02. The number of benzene rings is 1. The molecule has 0 radical (unpaired) electrons. The van der Waals surface area contributed by atoms with Crippen molar-refractivity contribution in [2.45, 2.75) is 44.1 Å². The molecule has 0 unspecified atom stereocenters. The Bertz CT molecular complexity index is 1500. The van der Waals surface area contributed by atoms with Gasteiger partial charge in [-0.2, -0.15) is 20.6 Å².